The summed E-state index contributed by atoms with van der Waals surface area (Å²) in [7, 11) is 0. The molecule has 12 heteroatoms. The average molecular weight is 597 g/mol. The number of fused-ring (bicyclic) bond motifs is 1. The van der Waals surface area contributed by atoms with Crippen molar-refractivity contribution in [1.29, 1.82) is 0 Å². The van der Waals surface area contributed by atoms with Gasteiger partial charge in [-0.15, -0.1) is 24.8 Å². The molecule has 0 saturated carbocycles. The van der Waals surface area contributed by atoms with Crippen LogP contribution in [0.2, 0.25) is 0 Å². The van der Waals surface area contributed by atoms with Crippen LogP contribution in [0.5, 0.6) is 5.75 Å². The van der Waals surface area contributed by atoms with E-state index in [1.807, 2.05) is 62.6 Å². The lowest BCUT2D eigenvalue weighted by molar-refractivity contribution is -0.121. The summed E-state index contributed by atoms with van der Waals surface area (Å²) in [6.45, 7) is 7.70. The van der Waals surface area contributed by atoms with E-state index in [1.54, 1.807) is 0 Å². The number of hydrazone groups is 1. The van der Waals surface area contributed by atoms with Crippen LogP contribution in [-0.2, 0) is 27.4 Å². The van der Waals surface area contributed by atoms with E-state index in [4.69, 9.17) is 14.2 Å². The van der Waals surface area contributed by atoms with Gasteiger partial charge >= 0.3 is 0 Å². The molecule has 3 N–H and O–H groups in total. The molecule has 2 aromatic carbocycles. The Kier molecular flexibility index (Phi) is 14.4. The van der Waals surface area contributed by atoms with Gasteiger partial charge in [-0.25, -0.2) is 10.4 Å². The van der Waals surface area contributed by atoms with Crippen LogP contribution in [-0.4, -0.2) is 71.4 Å². The van der Waals surface area contributed by atoms with E-state index in [1.165, 1.54) is 0 Å². The third-order valence-electron chi connectivity index (χ3n) is 6.08. The Labute approximate surface area is 247 Å². The van der Waals surface area contributed by atoms with Crippen LogP contribution in [0.1, 0.15) is 37.8 Å². The first-order valence-corrected chi connectivity index (χ1v) is 13.1. The second-order valence-electron chi connectivity index (χ2n) is 9.52. The minimum absolute atomic E-state index is 0. The van der Waals surface area contributed by atoms with Crippen LogP contribution in [0.4, 0.5) is 0 Å². The van der Waals surface area contributed by atoms with Crippen molar-refractivity contribution < 1.29 is 24.1 Å². The van der Waals surface area contributed by atoms with Gasteiger partial charge < -0.3 is 29.2 Å². The fourth-order valence-corrected chi connectivity index (χ4v) is 4.04. The maximum absolute atomic E-state index is 11.3. The van der Waals surface area contributed by atoms with Crippen molar-refractivity contribution in [3.63, 3.8) is 0 Å². The Morgan fingerprint density at radius 2 is 1.90 bits per heavy atom. The van der Waals surface area contributed by atoms with Crippen molar-refractivity contribution in [2.75, 3.05) is 32.9 Å². The summed E-state index contributed by atoms with van der Waals surface area (Å²) in [4.78, 5) is 15.8. The maximum atomic E-state index is 11.3. The molecule has 1 amide bonds. The number of nitrogens with one attached hydrogen (secondary N) is 2. The molecular weight excluding hydrogens is 557 g/mol. The number of carbonyl (C=O) groups excluding carboxylic acids is 1. The SMILES string of the molecule is CC(C)OCCOCc1ccc(OCC(O)CNCCn2cnc3cc(C4=NNC(=O)CC4)ccc32)cc1.Cl.Cl. The zero-order chi connectivity index (χ0) is 26.7. The number of ether oxygens (including phenoxy) is 3. The van der Waals surface area contributed by atoms with Gasteiger partial charge in [-0.2, -0.15) is 5.10 Å². The van der Waals surface area contributed by atoms with E-state index in [9.17, 15) is 9.90 Å². The Bertz CT molecular complexity index is 1220. The molecule has 40 heavy (non-hydrogen) atoms. The van der Waals surface area contributed by atoms with Gasteiger partial charge in [-0.05, 0) is 43.7 Å². The largest absolute Gasteiger partial charge is 0.491 e. The third kappa shape index (κ3) is 10.3. The van der Waals surface area contributed by atoms with Gasteiger partial charge in [0, 0.05) is 38.0 Å². The Hall–Kier alpha value is -2.73. The number of aliphatic hydroxyl groups excluding tert-OH is 1. The number of rotatable bonds is 15. The van der Waals surface area contributed by atoms with Gasteiger partial charge in [0.05, 0.1) is 49.0 Å². The molecule has 1 aliphatic heterocycles. The minimum Gasteiger partial charge on any atom is -0.491 e. The van der Waals surface area contributed by atoms with Gasteiger partial charge in [0.15, 0.2) is 0 Å². The molecule has 3 aromatic rings. The van der Waals surface area contributed by atoms with Gasteiger partial charge in [0.1, 0.15) is 18.5 Å². The zero-order valence-electron chi connectivity index (χ0n) is 22.9. The second kappa shape index (κ2) is 17.2. The molecule has 0 fully saturated rings. The molecule has 1 aliphatic rings. The quantitative estimate of drug-likeness (QED) is 0.230. The van der Waals surface area contributed by atoms with Crippen molar-refractivity contribution in [3.8, 4) is 5.75 Å². The lowest BCUT2D eigenvalue weighted by Gasteiger charge is -2.14. The van der Waals surface area contributed by atoms with Crippen LogP contribution in [0.25, 0.3) is 11.0 Å². The highest BCUT2D eigenvalue weighted by molar-refractivity contribution is 6.05. The van der Waals surface area contributed by atoms with Crippen molar-refractivity contribution >= 4 is 47.5 Å². The normalized spacial score (nSPS) is 13.8. The highest BCUT2D eigenvalue weighted by Gasteiger charge is 2.14. The number of imidazole rings is 1. The molecule has 0 aliphatic carbocycles. The molecule has 0 radical (unpaired) electrons. The van der Waals surface area contributed by atoms with Gasteiger partial charge in [0.2, 0.25) is 5.91 Å². The predicted molar refractivity (Wildman–Crippen MR) is 160 cm³/mol. The standard InChI is InChI=1S/C28H37N5O5.2ClH/c1-20(2)37-14-13-36-17-21-3-6-24(7-4-21)38-18-23(34)16-29-11-12-33-19-30-26-15-22(5-9-27(26)33)25-8-10-28(35)32-31-25;;/h3-7,9,15,19-20,23,29,34H,8,10-14,16-18H2,1-2H3,(H,32,35);2*1H. The number of nitrogens with zero attached hydrogens (tertiary/aromatic N) is 3. The summed E-state index contributed by atoms with van der Waals surface area (Å²) in [6, 6.07) is 13.7. The second-order valence-corrected chi connectivity index (χ2v) is 9.52. The number of aromatic nitrogens is 2. The van der Waals surface area contributed by atoms with E-state index in [-0.39, 0.29) is 43.4 Å². The molecule has 1 aromatic heterocycles. The highest BCUT2D eigenvalue weighted by Crippen LogP contribution is 2.18. The first kappa shape index (κ1) is 33.5. The first-order chi connectivity index (χ1) is 18.5. The van der Waals surface area contributed by atoms with Gasteiger partial charge in [0.25, 0.3) is 0 Å². The number of amides is 1. The van der Waals surface area contributed by atoms with Gasteiger partial charge in [-0.1, -0.05) is 18.2 Å². The molecule has 10 nitrogen and oxygen atoms in total. The van der Waals surface area contributed by atoms with Crippen molar-refractivity contribution in [1.82, 2.24) is 20.3 Å². The molecule has 0 spiro atoms. The fraction of sp³-hybridized carbons (Fsp3) is 0.464. The molecule has 1 unspecified atom stereocenters. The van der Waals surface area contributed by atoms with Crippen molar-refractivity contribution in [2.24, 2.45) is 5.10 Å². The van der Waals surface area contributed by atoms with Gasteiger partial charge in [-0.3, -0.25) is 4.79 Å². The topological polar surface area (TPSA) is 119 Å². The summed E-state index contributed by atoms with van der Waals surface area (Å²) in [5.74, 6) is 0.657. The van der Waals surface area contributed by atoms with Crippen molar-refractivity contribution in [2.45, 2.75) is 52.0 Å². The van der Waals surface area contributed by atoms with E-state index in [0.717, 1.165) is 27.9 Å². The number of carbonyl (C=O) groups is 1. The van der Waals surface area contributed by atoms with E-state index in [0.29, 0.717) is 58.0 Å². The molecule has 220 valence electrons. The Balaban J connectivity index is 0.00000280. The molecule has 0 bridgehead atoms. The lowest BCUT2D eigenvalue weighted by atomic mass is 10.0. The summed E-state index contributed by atoms with van der Waals surface area (Å²) < 4.78 is 18.9. The monoisotopic (exact) mass is 595 g/mol. The zero-order valence-corrected chi connectivity index (χ0v) is 24.5. The van der Waals surface area contributed by atoms with E-state index < -0.39 is 6.10 Å². The molecule has 4 rings (SSSR count). The number of hydrogen-bond acceptors (Lipinski definition) is 8. The summed E-state index contributed by atoms with van der Waals surface area (Å²) in [5, 5.41) is 17.7. The molecular formula is C28H39Cl2N5O5. The Morgan fingerprint density at radius 1 is 1.10 bits per heavy atom. The molecule has 2 heterocycles. The number of hydrogen-bond donors (Lipinski definition) is 3. The highest BCUT2D eigenvalue weighted by atomic mass is 35.5. The van der Waals surface area contributed by atoms with Crippen LogP contribution >= 0.6 is 24.8 Å². The van der Waals surface area contributed by atoms with Crippen LogP contribution in [0, 0.1) is 0 Å². The average Bonchev–Trinajstić information content (AvgIpc) is 3.33. The summed E-state index contributed by atoms with van der Waals surface area (Å²) in [6.07, 6.45) is 2.48. The molecule has 1 atom stereocenters. The number of benzene rings is 2. The predicted octanol–water partition coefficient (Wildman–Crippen LogP) is 3.47. The Morgan fingerprint density at radius 3 is 2.62 bits per heavy atom. The number of halogens is 2. The van der Waals surface area contributed by atoms with Crippen LogP contribution in [0.15, 0.2) is 53.9 Å². The smallest absolute Gasteiger partial charge is 0.240 e. The number of aliphatic hydroxyl groups is 1. The van der Waals surface area contributed by atoms with Crippen LogP contribution in [0.3, 0.4) is 0 Å². The van der Waals surface area contributed by atoms with Crippen LogP contribution < -0.4 is 15.5 Å². The fourth-order valence-electron chi connectivity index (χ4n) is 4.04. The van der Waals surface area contributed by atoms with Crippen molar-refractivity contribution in [3.05, 3.63) is 59.9 Å². The van der Waals surface area contributed by atoms with E-state index in [2.05, 4.69) is 25.4 Å². The lowest BCUT2D eigenvalue weighted by Crippen LogP contribution is -2.33. The van der Waals surface area contributed by atoms with E-state index >= 15 is 0 Å². The summed E-state index contributed by atoms with van der Waals surface area (Å²) in [5.41, 5.74) is 7.34. The maximum Gasteiger partial charge on any atom is 0.240 e. The first-order valence-electron chi connectivity index (χ1n) is 13.1. The third-order valence-corrected chi connectivity index (χ3v) is 6.08. The minimum atomic E-state index is -0.627. The summed E-state index contributed by atoms with van der Waals surface area (Å²) >= 11 is 0. The molecule has 0 saturated heterocycles.